The van der Waals surface area contributed by atoms with E-state index in [1.54, 1.807) is 0 Å². The van der Waals surface area contributed by atoms with Crippen LogP contribution >= 0.6 is 0 Å². The molecule has 0 aromatic rings. The van der Waals surface area contributed by atoms with Gasteiger partial charge in [0.15, 0.2) is 6.29 Å². The average Bonchev–Trinajstić information content (AvgIpc) is 2.11. The van der Waals surface area contributed by atoms with Gasteiger partial charge in [-0.25, -0.2) is 0 Å². The van der Waals surface area contributed by atoms with Gasteiger partial charge in [-0.2, -0.15) is 0 Å². The largest absolute Gasteiger partial charge is 0.387 e. The highest BCUT2D eigenvalue weighted by atomic mass is 16.6. The maximum absolute atomic E-state index is 9.33. The number of aliphatic hydroxyl groups is 4. The summed E-state index contributed by atoms with van der Waals surface area (Å²) in [5.74, 6) is 0. The Morgan fingerprint density at radius 2 is 1.69 bits per heavy atom. The van der Waals surface area contributed by atoms with E-state index in [-0.39, 0.29) is 6.61 Å². The second-order valence-corrected chi connectivity index (χ2v) is 2.99. The molecule has 78 valence electrons. The summed E-state index contributed by atoms with van der Waals surface area (Å²) in [5.41, 5.74) is 0. The van der Waals surface area contributed by atoms with Gasteiger partial charge in [-0.05, 0) is 0 Å². The lowest BCUT2D eigenvalue weighted by Crippen LogP contribution is -2.58. The van der Waals surface area contributed by atoms with Crippen molar-refractivity contribution in [2.24, 2.45) is 0 Å². The van der Waals surface area contributed by atoms with E-state index >= 15 is 0 Å². The molecule has 6 nitrogen and oxygen atoms in total. The molecule has 1 heterocycles. The van der Waals surface area contributed by atoms with Gasteiger partial charge >= 0.3 is 0 Å². The van der Waals surface area contributed by atoms with Crippen LogP contribution in [0.2, 0.25) is 0 Å². The van der Waals surface area contributed by atoms with Crippen LogP contribution in [0.1, 0.15) is 0 Å². The zero-order valence-electron chi connectivity index (χ0n) is 7.20. The van der Waals surface area contributed by atoms with Crippen LogP contribution in [0.3, 0.4) is 0 Å². The number of aliphatic hydroxyl groups excluding tert-OH is 4. The normalized spacial score (nSPS) is 46.4. The lowest BCUT2D eigenvalue weighted by atomic mass is 9.99. The molecule has 0 radical (unpaired) electrons. The highest BCUT2D eigenvalue weighted by molar-refractivity contribution is 4.88. The Labute approximate surface area is 75.3 Å². The highest BCUT2D eigenvalue weighted by Crippen LogP contribution is 2.19. The number of rotatable bonds is 2. The van der Waals surface area contributed by atoms with E-state index in [0.717, 1.165) is 0 Å². The van der Waals surface area contributed by atoms with Crippen molar-refractivity contribution in [3.05, 3.63) is 0 Å². The standard InChI is InChI=1S/C7H14O6/c1-12-2-3-4(8)5(9)6(10)7(11)13-3/h3-11H,2H2,1H3/t3?,4-,5+,6?,7?/m1/s1. The molecule has 1 aliphatic rings. The molecule has 6 heteroatoms. The third kappa shape index (κ3) is 2.16. The summed E-state index contributed by atoms with van der Waals surface area (Å²) < 4.78 is 9.49. The van der Waals surface area contributed by atoms with Crippen LogP contribution in [0.15, 0.2) is 0 Å². The van der Waals surface area contributed by atoms with Crippen molar-refractivity contribution in [1.29, 1.82) is 0 Å². The molecule has 5 atom stereocenters. The lowest BCUT2D eigenvalue weighted by molar-refractivity contribution is -0.287. The second-order valence-electron chi connectivity index (χ2n) is 2.99. The number of hydrogen-bond donors (Lipinski definition) is 4. The van der Waals surface area contributed by atoms with Crippen LogP contribution in [-0.4, -0.2) is 64.8 Å². The van der Waals surface area contributed by atoms with E-state index in [2.05, 4.69) is 0 Å². The van der Waals surface area contributed by atoms with E-state index in [1.165, 1.54) is 7.11 Å². The molecule has 13 heavy (non-hydrogen) atoms. The van der Waals surface area contributed by atoms with Crippen molar-refractivity contribution < 1.29 is 29.9 Å². The van der Waals surface area contributed by atoms with Crippen molar-refractivity contribution in [3.8, 4) is 0 Å². The van der Waals surface area contributed by atoms with E-state index in [4.69, 9.17) is 19.7 Å². The van der Waals surface area contributed by atoms with Gasteiger partial charge in [0.1, 0.15) is 24.4 Å². The van der Waals surface area contributed by atoms with Crippen molar-refractivity contribution in [3.63, 3.8) is 0 Å². The topological polar surface area (TPSA) is 99.4 Å². The first-order chi connectivity index (χ1) is 6.07. The number of hydrogen-bond acceptors (Lipinski definition) is 6. The van der Waals surface area contributed by atoms with Gasteiger partial charge in [0.25, 0.3) is 0 Å². The van der Waals surface area contributed by atoms with Crippen molar-refractivity contribution in [2.45, 2.75) is 30.7 Å². The third-order valence-electron chi connectivity index (χ3n) is 2.02. The van der Waals surface area contributed by atoms with Crippen molar-refractivity contribution in [1.82, 2.24) is 0 Å². The predicted octanol–water partition coefficient (Wildman–Crippen LogP) is -2.57. The van der Waals surface area contributed by atoms with Gasteiger partial charge in [-0.15, -0.1) is 0 Å². The fourth-order valence-electron chi connectivity index (χ4n) is 1.23. The molecule has 1 fully saturated rings. The Kier molecular flexibility index (Phi) is 3.60. The molecular weight excluding hydrogens is 180 g/mol. The molecular formula is C7H14O6. The SMILES string of the molecule is COCC1OC(O)C(O)[C@@H](O)[C@@H]1O. The number of methoxy groups -OCH3 is 1. The predicted molar refractivity (Wildman–Crippen MR) is 40.8 cm³/mol. The van der Waals surface area contributed by atoms with Gasteiger partial charge < -0.3 is 29.9 Å². The van der Waals surface area contributed by atoms with Crippen LogP contribution in [0.5, 0.6) is 0 Å². The Hall–Kier alpha value is -0.240. The smallest absolute Gasteiger partial charge is 0.184 e. The Morgan fingerprint density at radius 1 is 1.08 bits per heavy atom. The fraction of sp³-hybridized carbons (Fsp3) is 1.00. The quantitative estimate of drug-likeness (QED) is 0.386. The van der Waals surface area contributed by atoms with Crippen LogP contribution in [0.4, 0.5) is 0 Å². The van der Waals surface area contributed by atoms with E-state index in [1.807, 2.05) is 0 Å². The zero-order chi connectivity index (χ0) is 10.0. The Bertz CT molecular complexity index is 163. The molecule has 4 N–H and O–H groups in total. The molecule has 0 amide bonds. The van der Waals surface area contributed by atoms with Crippen LogP contribution in [-0.2, 0) is 9.47 Å². The van der Waals surface area contributed by atoms with Crippen LogP contribution < -0.4 is 0 Å². The summed E-state index contributed by atoms with van der Waals surface area (Å²) in [7, 11) is 1.40. The van der Waals surface area contributed by atoms with E-state index < -0.39 is 30.7 Å². The van der Waals surface area contributed by atoms with Crippen LogP contribution in [0.25, 0.3) is 0 Å². The first-order valence-electron chi connectivity index (χ1n) is 3.94. The maximum atomic E-state index is 9.33. The summed E-state index contributed by atoms with van der Waals surface area (Å²) in [6, 6.07) is 0. The first-order valence-corrected chi connectivity index (χ1v) is 3.94. The van der Waals surface area contributed by atoms with E-state index in [0.29, 0.717) is 0 Å². The van der Waals surface area contributed by atoms with Crippen molar-refractivity contribution in [2.75, 3.05) is 13.7 Å². The Morgan fingerprint density at radius 3 is 2.23 bits per heavy atom. The third-order valence-corrected chi connectivity index (χ3v) is 2.02. The van der Waals surface area contributed by atoms with Gasteiger partial charge in [0.05, 0.1) is 6.61 Å². The first kappa shape index (κ1) is 10.8. The minimum atomic E-state index is -1.49. The van der Waals surface area contributed by atoms with Gasteiger partial charge in [0, 0.05) is 7.11 Å². The summed E-state index contributed by atoms with van der Waals surface area (Å²) in [6.45, 7) is 0.0437. The molecule has 1 rings (SSSR count). The summed E-state index contributed by atoms with van der Waals surface area (Å²) in [5, 5.41) is 36.7. The molecule has 0 spiro atoms. The molecule has 0 aliphatic carbocycles. The highest BCUT2D eigenvalue weighted by Gasteiger charge is 2.42. The average molecular weight is 194 g/mol. The molecule has 0 saturated carbocycles. The van der Waals surface area contributed by atoms with Gasteiger partial charge in [0.2, 0.25) is 0 Å². The molecule has 1 saturated heterocycles. The second kappa shape index (κ2) is 4.32. The van der Waals surface area contributed by atoms with Gasteiger partial charge in [-0.1, -0.05) is 0 Å². The summed E-state index contributed by atoms with van der Waals surface area (Å²) in [4.78, 5) is 0. The fourth-order valence-corrected chi connectivity index (χ4v) is 1.23. The van der Waals surface area contributed by atoms with Gasteiger partial charge in [-0.3, -0.25) is 0 Å². The van der Waals surface area contributed by atoms with Crippen molar-refractivity contribution >= 4 is 0 Å². The molecule has 3 unspecified atom stereocenters. The summed E-state index contributed by atoms with van der Waals surface area (Å²) in [6.07, 6.45) is -6.46. The minimum Gasteiger partial charge on any atom is -0.387 e. The molecule has 0 aromatic carbocycles. The Balaban J connectivity index is 2.59. The maximum Gasteiger partial charge on any atom is 0.184 e. The number of ether oxygens (including phenoxy) is 2. The van der Waals surface area contributed by atoms with E-state index in [9.17, 15) is 10.2 Å². The molecule has 0 aromatic heterocycles. The lowest BCUT2D eigenvalue weighted by Gasteiger charge is -2.37. The molecule has 0 bridgehead atoms. The van der Waals surface area contributed by atoms with Crippen LogP contribution in [0, 0.1) is 0 Å². The molecule has 1 aliphatic heterocycles. The summed E-state index contributed by atoms with van der Waals surface area (Å²) >= 11 is 0. The monoisotopic (exact) mass is 194 g/mol. The zero-order valence-corrected chi connectivity index (χ0v) is 7.20. The minimum absolute atomic E-state index is 0.0437.